The summed E-state index contributed by atoms with van der Waals surface area (Å²) in [5.74, 6) is 0. The zero-order valence-electron chi connectivity index (χ0n) is 19.7. The third kappa shape index (κ3) is 6.52. The van der Waals surface area contributed by atoms with Crippen molar-refractivity contribution in [2.45, 2.75) is 24.5 Å². The molecule has 16 nitrogen and oxygen atoms in total. The van der Waals surface area contributed by atoms with Gasteiger partial charge in [0.15, 0.2) is 11.9 Å². The fourth-order valence-corrected chi connectivity index (χ4v) is 8.82. The Morgan fingerprint density at radius 1 is 0.925 bits per heavy atom. The number of ether oxygens (including phenoxy) is 1. The highest BCUT2D eigenvalue weighted by Gasteiger charge is 2.47. The van der Waals surface area contributed by atoms with Crippen molar-refractivity contribution in [3.05, 3.63) is 48.2 Å². The van der Waals surface area contributed by atoms with Crippen LogP contribution in [0, 0.1) is 0 Å². The van der Waals surface area contributed by atoms with Crippen molar-refractivity contribution in [3.8, 4) is 20.2 Å². The number of aliphatic hydroxyl groups is 2. The van der Waals surface area contributed by atoms with Crippen LogP contribution in [0.4, 0.5) is 0 Å². The minimum atomic E-state index is -5.72. The van der Waals surface area contributed by atoms with Crippen molar-refractivity contribution < 1.29 is 61.4 Å². The second-order valence-electron chi connectivity index (χ2n) is 8.26. The number of aromatic nitrogens is 3. The molecule has 0 spiro atoms. The second-order valence-corrected chi connectivity index (χ2v) is 14.7. The number of fused-ring (bicyclic) bond motifs is 1. The van der Waals surface area contributed by atoms with Gasteiger partial charge in [-0.05, 0) is 29.6 Å². The molecule has 216 valence electrons. The molecule has 40 heavy (non-hydrogen) atoms. The summed E-state index contributed by atoms with van der Waals surface area (Å²) < 4.78 is 53.1. The van der Waals surface area contributed by atoms with E-state index in [4.69, 9.17) is 14.5 Å². The first-order chi connectivity index (χ1) is 18.7. The lowest BCUT2D eigenvalue weighted by molar-refractivity contribution is -0.0503. The molecule has 0 aliphatic carbocycles. The molecule has 1 saturated heterocycles. The molecule has 4 aromatic heterocycles. The van der Waals surface area contributed by atoms with Gasteiger partial charge < -0.3 is 34.5 Å². The summed E-state index contributed by atoms with van der Waals surface area (Å²) in [5, 5.41) is 23.1. The van der Waals surface area contributed by atoms with Crippen molar-refractivity contribution in [1.82, 2.24) is 14.5 Å². The number of nitrogens with zero attached hydrogens (tertiary/aromatic N) is 3. The Morgan fingerprint density at radius 3 is 2.38 bits per heavy atom. The summed E-state index contributed by atoms with van der Waals surface area (Å²) in [6.07, 6.45) is -3.06. The van der Waals surface area contributed by atoms with Crippen molar-refractivity contribution >= 4 is 57.3 Å². The first-order valence-corrected chi connectivity index (χ1v) is 17.2. The molecule has 0 radical (unpaired) electrons. The van der Waals surface area contributed by atoms with E-state index in [9.17, 15) is 33.7 Å². The maximum Gasteiger partial charge on any atom is 0.490 e. The monoisotopic (exact) mass is 655 g/mol. The average Bonchev–Trinajstić information content (AvgIpc) is 3.63. The van der Waals surface area contributed by atoms with Crippen LogP contribution in [0.15, 0.2) is 48.2 Å². The van der Waals surface area contributed by atoms with Gasteiger partial charge in [-0.3, -0.25) is 9.09 Å². The second kappa shape index (κ2) is 11.2. The quantitative estimate of drug-likeness (QED) is 0.135. The molecule has 6 N–H and O–H groups in total. The molecule has 5 heterocycles. The number of phosphoric ester groups is 1. The molecule has 1 aliphatic heterocycles. The van der Waals surface area contributed by atoms with E-state index in [0.29, 0.717) is 11.2 Å². The molecule has 0 aromatic carbocycles. The van der Waals surface area contributed by atoms with E-state index in [1.807, 2.05) is 29.6 Å². The van der Waals surface area contributed by atoms with E-state index in [0.717, 1.165) is 20.2 Å². The predicted octanol–water partition coefficient (Wildman–Crippen LogP) is 2.85. The molecule has 0 bridgehead atoms. The number of hydrogen-bond donors (Lipinski definition) is 6. The van der Waals surface area contributed by atoms with Crippen molar-refractivity contribution in [3.63, 3.8) is 0 Å². The number of rotatable bonds is 10. The Hall–Kier alpha value is -1.69. The van der Waals surface area contributed by atoms with Crippen LogP contribution < -0.4 is 0 Å². The lowest BCUT2D eigenvalue weighted by atomic mass is 10.1. The van der Waals surface area contributed by atoms with Crippen LogP contribution >= 0.6 is 46.1 Å². The van der Waals surface area contributed by atoms with Gasteiger partial charge in [0.25, 0.3) is 0 Å². The number of pyridine rings is 1. The fraction of sp³-hybridized carbons (Fsp3) is 0.263. The number of aliphatic hydroxyl groups excluding tert-OH is 2. The third-order valence-electron chi connectivity index (χ3n) is 5.53. The van der Waals surface area contributed by atoms with Gasteiger partial charge >= 0.3 is 23.5 Å². The van der Waals surface area contributed by atoms with Crippen molar-refractivity contribution in [2.24, 2.45) is 0 Å². The van der Waals surface area contributed by atoms with Gasteiger partial charge in [-0.25, -0.2) is 23.7 Å². The normalized spacial score (nSPS) is 24.8. The number of phosphoric acid groups is 3. The van der Waals surface area contributed by atoms with E-state index >= 15 is 0 Å². The average molecular weight is 655 g/mol. The summed E-state index contributed by atoms with van der Waals surface area (Å²) >= 11 is 3.18. The van der Waals surface area contributed by atoms with E-state index in [-0.39, 0.29) is 0 Å². The van der Waals surface area contributed by atoms with Crippen LogP contribution in [0.2, 0.25) is 0 Å². The number of thiophene rings is 2. The molecule has 1 fully saturated rings. The van der Waals surface area contributed by atoms with Gasteiger partial charge in [-0.15, -0.1) is 22.7 Å². The molecule has 1 aliphatic rings. The molecular formula is C19H20N3O13P3S2. The van der Waals surface area contributed by atoms with E-state index in [1.54, 1.807) is 34.9 Å². The molecule has 4 aromatic rings. The van der Waals surface area contributed by atoms with Crippen LogP contribution in [-0.4, -0.2) is 69.2 Å². The maximum atomic E-state index is 12.0. The third-order valence-corrected chi connectivity index (χ3v) is 11.5. The Balaban J connectivity index is 1.32. The van der Waals surface area contributed by atoms with Crippen LogP contribution in [-0.2, 0) is 31.6 Å². The maximum absolute atomic E-state index is 12.0. The summed E-state index contributed by atoms with van der Waals surface area (Å²) in [6, 6.07) is 9.72. The SMILES string of the molecule is O=P(O)(O)OP(=O)(O)OP(=O)(O)OC[C@H]1O[C@@H](n2cnc3c(-c4ccc(-c5cccs5)s4)ccnc32)[C@H](O)[C@@H]1O. The molecule has 5 rings (SSSR count). The lowest BCUT2D eigenvalue weighted by Gasteiger charge is -2.19. The summed E-state index contributed by atoms with van der Waals surface area (Å²) in [5.41, 5.74) is 1.58. The van der Waals surface area contributed by atoms with Gasteiger partial charge in [-0.1, -0.05) is 6.07 Å². The zero-order valence-corrected chi connectivity index (χ0v) is 24.0. The molecule has 21 heteroatoms. The highest BCUT2D eigenvalue weighted by Crippen LogP contribution is 2.66. The highest BCUT2D eigenvalue weighted by atomic mass is 32.1. The number of hydrogen-bond acceptors (Lipinski definition) is 13. The first kappa shape index (κ1) is 29.8. The standard InChI is InChI=1S/C19H20N3O13P3S2/c23-16-11(8-32-37(28,29)35-38(30,31)34-36(25,26)27)33-19(17(16)24)22-9-21-15-10(5-6-20-18(15)22)12-3-4-14(40-12)13-2-1-7-39-13/h1-7,9,11,16-17,19,23-24H,8H2,(H,28,29)(H,30,31)(H2,25,26,27)/t11-,16-,17-,19-/m1/s1. The minimum absolute atomic E-state index is 0.313. The van der Waals surface area contributed by atoms with Gasteiger partial charge in [-0.2, -0.15) is 8.62 Å². The highest BCUT2D eigenvalue weighted by molar-refractivity contribution is 7.66. The largest absolute Gasteiger partial charge is 0.490 e. The lowest BCUT2D eigenvalue weighted by Crippen LogP contribution is -2.33. The topological polar surface area (TPSA) is 240 Å². The summed E-state index contributed by atoms with van der Waals surface area (Å²) in [7, 11) is -16.7. The molecule has 6 atom stereocenters. The van der Waals surface area contributed by atoms with Crippen LogP contribution in [0.3, 0.4) is 0 Å². The number of imidazole rings is 1. The van der Waals surface area contributed by atoms with Crippen molar-refractivity contribution in [2.75, 3.05) is 6.61 Å². The predicted molar refractivity (Wildman–Crippen MR) is 140 cm³/mol. The zero-order chi connectivity index (χ0) is 28.9. The minimum Gasteiger partial charge on any atom is -0.387 e. The Bertz CT molecular complexity index is 1650. The van der Waals surface area contributed by atoms with Crippen LogP contribution in [0.5, 0.6) is 0 Å². The Kier molecular flexibility index (Phi) is 8.33. The molecule has 0 amide bonds. The van der Waals surface area contributed by atoms with Gasteiger partial charge in [0, 0.05) is 26.4 Å². The van der Waals surface area contributed by atoms with Crippen LogP contribution in [0.1, 0.15) is 6.23 Å². The molecule has 2 unspecified atom stereocenters. The van der Waals surface area contributed by atoms with Crippen molar-refractivity contribution in [1.29, 1.82) is 0 Å². The van der Waals surface area contributed by atoms with Crippen LogP contribution in [0.25, 0.3) is 31.4 Å². The smallest absolute Gasteiger partial charge is 0.387 e. The van der Waals surface area contributed by atoms with Gasteiger partial charge in [0.05, 0.1) is 12.9 Å². The van der Waals surface area contributed by atoms with E-state index in [2.05, 4.69) is 23.1 Å². The van der Waals surface area contributed by atoms with Gasteiger partial charge in [0.2, 0.25) is 0 Å². The molecule has 0 saturated carbocycles. The first-order valence-electron chi connectivity index (χ1n) is 11.0. The van der Waals surface area contributed by atoms with Gasteiger partial charge in [0.1, 0.15) is 23.8 Å². The fourth-order valence-electron chi connectivity index (χ4n) is 3.92. The van der Waals surface area contributed by atoms with E-state index < -0.39 is 54.6 Å². The molecular weight excluding hydrogens is 635 g/mol. The van der Waals surface area contributed by atoms with E-state index in [1.165, 1.54) is 10.9 Å². The summed E-state index contributed by atoms with van der Waals surface area (Å²) in [6.45, 7) is -0.940. The Labute approximate surface area is 232 Å². The summed E-state index contributed by atoms with van der Waals surface area (Å²) in [4.78, 5) is 48.0. The Morgan fingerprint density at radius 2 is 1.68 bits per heavy atom.